The molecule has 3 rings (SSSR count). The second-order valence-corrected chi connectivity index (χ2v) is 4.63. The van der Waals surface area contributed by atoms with Crippen LogP contribution in [0.4, 0.5) is 4.39 Å². The number of esters is 1. The fourth-order valence-corrected chi connectivity index (χ4v) is 2.24. The van der Waals surface area contributed by atoms with Gasteiger partial charge in [-0.3, -0.25) is 4.98 Å². The van der Waals surface area contributed by atoms with Gasteiger partial charge in [0.2, 0.25) is 0 Å². The summed E-state index contributed by atoms with van der Waals surface area (Å²) in [5.74, 6) is -1.11. The summed E-state index contributed by atoms with van der Waals surface area (Å²) >= 11 is 0. The van der Waals surface area contributed by atoms with Gasteiger partial charge in [0, 0.05) is 22.7 Å². The lowest BCUT2D eigenvalue weighted by molar-refractivity contribution is 0.0600. The number of hydrogen-bond acceptors (Lipinski definition) is 4. The van der Waals surface area contributed by atoms with Crippen molar-refractivity contribution in [2.75, 3.05) is 7.11 Å². The van der Waals surface area contributed by atoms with E-state index in [9.17, 15) is 9.18 Å². The van der Waals surface area contributed by atoms with Crippen molar-refractivity contribution in [3.05, 3.63) is 53.7 Å². The lowest BCUT2D eigenvalue weighted by atomic mass is 10.0. The van der Waals surface area contributed by atoms with Gasteiger partial charge in [0.25, 0.3) is 0 Å². The first kappa shape index (κ1) is 13.3. The summed E-state index contributed by atoms with van der Waals surface area (Å²) in [4.78, 5) is 15.8. The number of fused-ring (bicyclic) bond motifs is 1. The molecule has 2 heterocycles. The minimum atomic E-state index is -0.578. The standard InChI is InChI=1S/C16H12FNO3/c1-9-7-14-12(5-6-21-14)15(18-9)11-4-3-10(8-13(11)17)16(19)20-2/h3-8H,1-2H3. The number of rotatable bonds is 2. The van der Waals surface area contributed by atoms with E-state index in [4.69, 9.17) is 4.42 Å². The first-order chi connectivity index (χ1) is 10.1. The monoisotopic (exact) mass is 285 g/mol. The van der Waals surface area contributed by atoms with Crippen LogP contribution >= 0.6 is 0 Å². The number of aryl methyl sites for hydroxylation is 1. The minimum Gasteiger partial charge on any atom is -0.465 e. The van der Waals surface area contributed by atoms with Crippen LogP contribution in [-0.4, -0.2) is 18.1 Å². The number of benzene rings is 1. The van der Waals surface area contributed by atoms with Gasteiger partial charge in [-0.25, -0.2) is 9.18 Å². The molecule has 1 aromatic carbocycles. The highest BCUT2D eigenvalue weighted by atomic mass is 19.1. The maximum Gasteiger partial charge on any atom is 0.337 e. The van der Waals surface area contributed by atoms with E-state index in [1.807, 2.05) is 6.92 Å². The molecule has 0 bridgehead atoms. The number of hydrogen-bond donors (Lipinski definition) is 0. The van der Waals surface area contributed by atoms with Gasteiger partial charge >= 0.3 is 5.97 Å². The summed E-state index contributed by atoms with van der Waals surface area (Å²) in [6, 6.07) is 7.72. The number of halogens is 1. The van der Waals surface area contributed by atoms with Crippen LogP contribution in [0.5, 0.6) is 0 Å². The average Bonchev–Trinajstić information content (AvgIpc) is 2.93. The van der Waals surface area contributed by atoms with Crippen molar-refractivity contribution in [2.45, 2.75) is 6.92 Å². The highest BCUT2D eigenvalue weighted by molar-refractivity contribution is 5.94. The fraction of sp³-hybridized carbons (Fsp3) is 0.125. The number of ether oxygens (including phenoxy) is 1. The molecule has 106 valence electrons. The SMILES string of the molecule is COC(=O)c1ccc(-c2nc(C)cc3occc23)c(F)c1. The summed E-state index contributed by atoms with van der Waals surface area (Å²) in [7, 11) is 1.26. The predicted octanol–water partition coefficient (Wildman–Crippen LogP) is 3.73. The molecule has 0 aliphatic carbocycles. The number of methoxy groups -OCH3 is 1. The Balaban J connectivity index is 2.19. The van der Waals surface area contributed by atoms with Crippen molar-refractivity contribution in [3.8, 4) is 11.3 Å². The molecule has 0 aliphatic rings. The number of carbonyl (C=O) groups is 1. The molecule has 0 radical (unpaired) electrons. The van der Waals surface area contributed by atoms with Gasteiger partial charge in [0.1, 0.15) is 11.4 Å². The van der Waals surface area contributed by atoms with Gasteiger partial charge in [-0.15, -0.1) is 0 Å². The van der Waals surface area contributed by atoms with Crippen LogP contribution in [0.1, 0.15) is 16.1 Å². The van der Waals surface area contributed by atoms with Crippen LogP contribution in [0.25, 0.3) is 22.2 Å². The molecular formula is C16H12FNO3. The van der Waals surface area contributed by atoms with Gasteiger partial charge in [0.05, 0.1) is 24.6 Å². The molecular weight excluding hydrogens is 273 g/mol. The predicted molar refractivity (Wildman–Crippen MR) is 75.5 cm³/mol. The summed E-state index contributed by atoms with van der Waals surface area (Å²) in [5, 5.41) is 0.727. The quantitative estimate of drug-likeness (QED) is 0.673. The Hall–Kier alpha value is -2.69. The molecule has 0 atom stereocenters. The van der Waals surface area contributed by atoms with Gasteiger partial charge in [-0.2, -0.15) is 0 Å². The molecule has 5 heteroatoms. The van der Waals surface area contributed by atoms with Crippen molar-refractivity contribution in [3.63, 3.8) is 0 Å². The van der Waals surface area contributed by atoms with Gasteiger partial charge < -0.3 is 9.15 Å². The summed E-state index contributed by atoms with van der Waals surface area (Å²) < 4.78 is 24.2. The number of carbonyl (C=O) groups excluding carboxylic acids is 1. The van der Waals surface area contributed by atoms with E-state index in [0.29, 0.717) is 16.8 Å². The fourth-order valence-electron chi connectivity index (χ4n) is 2.24. The highest BCUT2D eigenvalue weighted by Crippen LogP contribution is 2.30. The highest BCUT2D eigenvalue weighted by Gasteiger charge is 2.15. The zero-order valence-electron chi connectivity index (χ0n) is 11.5. The van der Waals surface area contributed by atoms with E-state index < -0.39 is 11.8 Å². The van der Waals surface area contributed by atoms with Crippen LogP contribution in [0.3, 0.4) is 0 Å². The molecule has 2 aromatic heterocycles. The molecule has 0 aliphatic heterocycles. The van der Waals surface area contributed by atoms with Crippen LogP contribution in [0.2, 0.25) is 0 Å². The Bertz CT molecular complexity index is 839. The Morgan fingerprint density at radius 3 is 2.81 bits per heavy atom. The Labute approximate surface area is 120 Å². The van der Waals surface area contributed by atoms with E-state index in [-0.39, 0.29) is 5.56 Å². The zero-order valence-corrected chi connectivity index (χ0v) is 11.5. The molecule has 0 N–H and O–H groups in total. The van der Waals surface area contributed by atoms with Crippen LogP contribution < -0.4 is 0 Å². The van der Waals surface area contributed by atoms with Crippen LogP contribution in [-0.2, 0) is 4.74 Å². The molecule has 0 fully saturated rings. The van der Waals surface area contributed by atoms with Gasteiger partial charge in [-0.05, 0) is 31.2 Å². The summed E-state index contributed by atoms with van der Waals surface area (Å²) in [6.45, 7) is 1.81. The Kier molecular flexibility index (Phi) is 3.17. The molecule has 0 spiro atoms. The van der Waals surface area contributed by atoms with E-state index in [1.165, 1.54) is 25.5 Å². The topological polar surface area (TPSA) is 52.3 Å². The average molecular weight is 285 g/mol. The number of aromatic nitrogens is 1. The van der Waals surface area contributed by atoms with E-state index >= 15 is 0 Å². The van der Waals surface area contributed by atoms with Gasteiger partial charge in [-0.1, -0.05) is 0 Å². The molecule has 0 amide bonds. The van der Waals surface area contributed by atoms with Crippen LogP contribution in [0, 0.1) is 12.7 Å². The van der Waals surface area contributed by atoms with E-state index in [2.05, 4.69) is 9.72 Å². The summed E-state index contributed by atoms with van der Waals surface area (Å²) in [5.41, 5.74) is 2.35. The normalized spacial score (nSPS) is 10.8. The smallest absolute Gasteiger partial charge is 0.337 e. The van der Waals surface area contributed by atoms with Crippen molar-refractivity contribution < 1.29 is 18.3 Å². The second kappa shape index (κ2) is 5.01. The molecule has 0 saturated carbocycles. The molecule has 4 nitrogen and oxygen atoms in total. The first-order valence-corrected chi connectivity index (χ1v) is 6.33. The lowest BCUT2D eigenvalue weighted by Crippen LogP contribution is -2.02. The van der Waals surface area contributed by atoms with Crippen molar-refractivity contribution in [1.82, 2.24) is 4.98 Å². The van der Waals surface area contributed by atoms with Crippen LogP contribution in [0.15, 0.2) is 41.0 Å². The molecule has 21 heavy (non-hydrogen) atoms. The Morgan fingerprint density at radius 2 is 2.10 bits per heavy atom. The third kappa shape index (κ3) is 2.27. The second-order valence-electron chi connectivity index (χ2n) is 4.63. The number of furan rings is 1. The minimum absolute atomic E-state index is 0.162. The third-order valence-electron chi connectivity index (χ3n) is 3.22. The number of pyridine rings is 1. The zero-order chi connectivity index (χ0) is 15.0. The molecule has 0 unspecified atom stereocenters. The molecule has 3 aromatic rings. The Morgan fingerprint density at radius 1 is 1.29 bits per heavy atom. The lowest BCUT2D eigenvalue weighted by Gasteiger charge is -2.07. The van der Waals surface area contributed by atoms with Crippen molar-refractivity contribution in [2.24, 2.45) is 0 Å². The molecule has 0 saturated heterocycles. The van der Waals surface area contributed by atoms with E-state index in [1.54, 1.807) is 12.1 Å². The first-order valence-electron chi connectivity index (χ1n) is 6.33. The largest absolute Gasteiger partial charge is 0.465 e. The van der Waals surface area contributed by atoms with Gasteiger partial charge in [0.15, 0.2) is 0 Å². The number of nitrogens with zero attached hydrogens (tertiary/aromatic N) is 1. The maximum atomic E-state index is 14.3. The van der Waals surface area contributed by atoms with Crippen molar-refractivity contribution >= 4 is 16.9 Å². The van der Waals surface area contributed by atoms with Crippen molar-refractivity contribution in [1.29, 1.82) is 0 Å². The van der Waals surface area contributed by atoms with E-state index in [0.717, 1.165) is 17.1 Å². The third-order valence-corrected chi connectivity index (χ3v) is 3.22. The maximum absolute atomic E-state index is 14.3. The summed E-state index contributed by atoms with van der Waals surface area (Å²) in [6.07, 6.45) is 1.54.